The Morgan fingerprint density at radius 1 is 1.09 bits per heavy atom. The predicted octanol–water partition coefficient (Wildman–Crippen LogP) is 3.16. The lowest BCUT2D eigenvalue weighted by Gasteiger charge is -2.17. The topological polar surface area (TPSA) is 77.1 Å². The highest BCUT2D eigenvalue weighted by molar-refractivity contribution is 6.00. The molecule has 2 heterocycles. The fraction of sp³-hybridized carbons (Fsp3) is 0.364. The first-order chi connectivity index (χ1) is 15.3. The molecular formula is C22H21F3N2O5. The van der Waals surface area contributed by atoms with Crippen molar-refractivity contribution < 1.29 is 37.0 Å². The van der Waals surface area contributed by atoms with Crippen molar-refractivity contribution in [1.29, 1.82) is 0 Å². The number of hydrogen-bond donors (Lipinski definition) is 1. The molecule has 0 radical (unpaired) electrons. The fourth-order valence-electron chi connectivity index (χ4n) is 3.56. The van der Waals surface area contributed by atoms with E-state index in [1.807, 2.05) is 0 Å². The Balaban J connectivity index is 1.27. The molecule has 1 fully saturated rings. The maximum absolute atomic E-state index is 12.6. The van der Waals surface area contributed by atoms with Crippen LogP contribution in [0.1, 0.15) is 17.5 Å². The number of anilines is 1. The second kappa shape index (κ2) is 9.07. The zero-order valence-electron chi connectivity index (χ0n) is 17.0. The summed E-state index contributed by atoms with van der Waals surface area (Å²) in [6.07, 6.45) is -4.25. The number of carbonyl (C=O) groups excluding carboxylic acids is 2. The first-order valence-corrected chi connectivity index (χ1v) is 9.98. The SMILES string of the molecule is O=C(NCc1ccc(COCC(F)(F)F)cc1)C1CC(=O)N(c2ccc3c(c2)OCO3)C1. The van der Waals surface area contributed by atoms with Crippen molar-refractivity contribution in [3.8, 4) is 11.5 Å². The van der Waals surface area contributed by atoms with E-state index in [4.69, 9.17) is 9.47 Å². The molecule has 0 aliphatic carbocycles. The number of fused-ring (bicyclic) bond motifs is 1. The molecule has 1 N–H and O–H groups in total. The third-order valence-corrected chi connectivity index (χ3v) is 5.19. The summed E-state index contributed by atoms with van der Waals surface area (Å²) in [6.45, 7) is -0.795. The van der Waals surface area contributed by atoms with Gasteiger partial charge in [0.05, 0.1) is 12.5 Å². The molecule has 1 unspecified atom stereocenters. The van der Waals surface area contributed by atoms with E-state index in [1.165, 1.54) is 0 Å². The predicted molar refractivity (Wildman–Crippen MR) is 107 cm³/mol. The average Bonchev–Trinajstić information content (AvgIpc) is 3.38. The normalized spacial score (nSPS) is 17.7. The lowest BCUT2D eigenvalue weighted by molar-refractivity contribution is -0.176. The van der Waals surface area contributed by atoms with Crippen LogP contribution in [0, 0.1) is 5.92 Å². The summed E-state index contributed by atoms with van der Waals surface area (Å²) >= 11 is 0. The molecule has 7 nitrogen and oxygen atoms in total. The maximum atomic E-state index is 12.6. The smallest absolute Gasteiger partial charge is 0.411 e. The number of nitrogens with one attached hydrogen (secondary N) is 1. The van der Waals surface area contributed by atoms with Crippen LogP contribution in [-0.4, -0.2) is 37.9 Å². The molecule has 170 valence electrons. The van der Waals surface area contributed by atoms with Gasteiger partial charge in [0, 0.05) is 31.3 Å². The van der Waals surface area contributed by atoms with E-state index in [1.54, 1.807) is 47.4 Å². The summed E-state index contributed by atoms with van der Waals surface area (Å²) in [7, 11) is 0. The number of rotatable bonds is 7. The third kappa shape index (κ3) is 5.31. The zero-order valence-corrected chi connectivity index (χ0v) is 17.0. The molecule has 0 spiro atoms. The Labute approximate surface area is 182 Å². The van der Waals surface area contributed by atoms with Crippen LogP contribution in [0.2, 0.25) is 0 Å². The summed E-state index contributed by atoms with van der Waals surface area (Å²) in [4.78, 5) is 26.6. The lowest BCUT2D eigenvalue weighted by Crippen LogP contribution is -2.32. The largest absolute Gasteiger partial charge is 0.454 e. The molecule has 2 aliphatic heterocycles. The quantitative estimate of drug-likeness (QED) is 0.701. The highest BCUT2D eigenvalue weighted by Crippen LogP contribution is 2.37. The van der Waals surface area contributed by atoms with Gasteiger partial charge >= 0.3 is 6.18 Å². The minimum Gasteiger partial charge on any atom is -0.454 e. The van der Waals surface area contributed by atoms with E-state index in [2.05, 4.69) is 10.1 Å². The van der Waals surface area contributed by atoms with Gasteiger partial charge in [-0.3, -0.25) is 9.59 Å². The molecule has 32 heavy (non-hydrogen) atoms. The molecule has 0 aromatic heterocycles. The number of amides is 2. The molecular weight excluding hydrogens is 429 g/mol. The molecule has 0 bridgehead atoms. The Bertz CT molecular complexity index is 994. The van der Waals surface area contributed by atoms with Crippen LogP contribution in [0.15, 0.2) is 42.5 Å². The number of nitrogens with zero attached hydrogens (tertiary/aromatic N) is 1. The fourth-order valence-corrected chi connectivity index (χ4v) is 3.56. The molecule has 10 heteroatoms. The van der Waals surface area contributed by atoms with Gasteiger partial charge in [-0.25, -0.2) is 0 Å². The van der Waals surface area contributed by atoms with Crippen molar-refractivity contribution in [1.82, 2.24) is 5.32 Å². The second-order valence-electron chi connectivity index (χ2n) is 7.59. The van der Waals surface area contributed by atoms with Gasteiger partial charge in [-0.15, -0.1) is 0 Å². The number of ether oxygens (including phenoxy) is 3. The van der Waals surface area contributed by atoms with Gasteiger partial charge in [0.2, 0.25) is 18.6 Å². The van der Waals surface area contributed by atoms with Crippen LogP contribution < -0.4 is 19.7 Å². The van der Waals surface area contributed by atoms with Gasteiger partial charge in [0.25, 0.3) is 0 Å². The molecule has 2 aromatic carbocycles. The summed E-state index contributed by atoms with van der Waals surface area (Å²) in [6, 6.07) is 11.9. The van der Waals surface area contributed by atoms with Crippen molar-refractivity contribution in [3.63, 3.8) is 0 Å². The van der Waals surface area contributed by atoms with Crippen molar-refractivity contribution in [3.05, 3.63) is 53.6 Å². The van der Waals surface area contributed by atoms with Crippen LogP contribution in [0.4, 0.5) is 18.9 Å². The van der Waals surface area contributed by atoms with Crippen molar-refractivity contribution in [2.45, 2.75) is 25.7 Å². The van der Waals surface area contributed by atoms with E-state index < -0.39 is 18.7 Å². The summed E-state index contributed by atoms with van der Waals surface area (Å²) in [5, 5.41) is 2.82. The first kappa shape index (κ1) is 21.9. The van der Waals surface area contributed by atoms with Gasteiger partial charge in [0.1, 0.15) is 6.61 Å². The van der Waals surface area contributed by atoms with Crippen molar-refractivity contribution >= 4 is 17.5 Å². The molecule has 4 rings (SSSR count). The third-order valence-electron chi connectivity index (χ3n) is 5.19. The number of benzene rings is 2. The second-order valence-corrected chi connectivity index (χ2v) is 7.59. The van der Waals surface area contributed by atoms with Crippen LogP contribution in [-0.2, 0) is 27.5 Å². The Kier molecular flexibility index (Phi) is 6.22. The number of alkyl halides is 3. The highest BCUT2D eigenvalue weighted by Gasteiger charge is 2.35. The van der Waals surface area contributed by atoms with Crippen molar-refractivity contribution in [2.75, 3.05) is 24.8 Å². The van der Waals surface area contributed by atoms with Gasteiger partial charge in [-0.05, 0) is 23.3 Å². The van der Waals surface area contributed by atoms with E-state index in [0.717, 1.165) is 5.56 Å². The van der Waals surface area contributed by atoms with Gasteiger partial charge < -0.3 is 24.4 Å². The van der Waals surface area contributed by atoms with Gasteiger partial charge in [-0.2, -0.15) is 13.2 Å². The highest BCUT2D eigenvalue weighted by atomic mass is 19.4. The molecule has 1 atom stereocenters. The van der Waals surface area contributed by atoms with E-state index in [9.17, 15) is 22.8 Å². The van der Waals surface area contributed by atoms with Crippen molar-refractivity contribution in [2.24, 2.45) is 5.92 Å². The van der Waals surface area contributed by atoms with Crippen LogP contribution in [0.3, 0.4) is 0 Å². The molecule has 0 saturated carbocycles. The monoisotopic (exact) mass is 450 g/mol. The number of halogens is 3. The zero-order chi connectivity index (χ0) is 22.7. The van der Waals surface area contributed by atoms with E-state index >= 15 is 0 Å². The molecule has 2 aromatic rings. The summed E-state index contributed by atoms with van der Waals surface area (Å²) < 4.78 is 51.6. The lowest BCUT2D eigenvalue weighted by atomic mass is 10.1. The van der Waals surface area contributed by atoms with Gasteiger partial charge in [0.15, 0.2) is 11.5 Å². The van der Waals surface area contributed by atoms with Crippen LogP contribution >= 0.6 is 0 Å². The first-order valence-electron chi connectivity index (χ1n) is 9.98. The summed E-state index contributed by atoms with van der Waals surface area (Å²) in [5.74, 6) is 0.317. The standard InChI is InChI=1S/C22H21F3N2O5/c23-22(24,25)12-30-11-15-3-1-14(2-4-15)9-26-21(29)16-7-20(28)27(10-16)17-5-6-18-19(8-17)32-13-31-18/h1-6,8,16H,7,9-13H2,(H,26,29). The van der Waals surface area contributed by atoms with Gasteiger partial charge in [-0.1, -0.05) is 24.3 Å². The van der Waals surface area contributed by atoms with Crippen LogP contribution in [0.5, 0.6) is 11.5 Å². The maximum Gasteiger partial charge on any atom is 0.411 e. The molecule has 2 amide bonds. The number of carbonyl (C=O) groups is 2. The van der Waals surface area contributed by atoms with E-state index in [0.29, 0.717) is 22.7 Å². The number of hydrogen-bond acceptors (Lipinski definition) is 5. The molecule has 1 saturated heterocycles. The van der Waals surface area contributed by atoms with Crippen LogP contribution in [0.25, 0.3) is 0 Å². The Morgan fingerprint density at radius 3 is 2.56 bits per heavy atom. The minimum absolute atomic E-state index is 0.107. The average molecular weight is 450 g/mol. The molecule has 2 aliphatic rings. The summed E-state index contributed by atoms with van der Waals surface area (Å²) in [5.41, 5.74) is 2.04. The Morgan fingerprint density at radius 2 is 1.81 bits per heavy atom. The van der Waals surface area contributed by atoms with E-state index in [-0.39, 0.29) is 44.7 Å². The Hall–Kier alpha value is -3.27. The minimum atomic E-state index is -4.36.